The van der Waals surface area contributed by atoms with Gasteiger partial charge in [-0.25, -0.2) is 0 Å². The van der Waals surface area contributed by atoms with Gasteiger partial charge in [0.05, 0.1) is 0 Å². The normalized spacial score (nSPS) is 23.8. The molecule has 1 aromatic carbocycles. The molecule has 1 aromatic rings. The van der Waals surface area contributed by atoms with Gasteiger partial charge in [-0.3, -0.25) is 0 Å². The van der Waals surface area contributed by atoms with E-state index in [1.807, 2.05) is 0 Å². The maximum absolute atomic E-state index is 3.51. The lowest BCUT2D eigenvalue weighted by Gasteiger charge is -2.24. The molecule has 1 saturated heterocycles. The van der Waals surface area contributed by atoms with E-state index in [9.17, 15) is 0 Å². The molecule has 17 heavy (non-hydrogen) atoms. The largest absolute Gasteiger partial charge is 0.371 e. The van der Waals surface area contributed by atoms with Crippen molar-refractivity contribution in [3.8, 4) is 0 Å². The summed E-state index contributed by atoms with van der Waals surface area (Å²) >= 11 is 0. The second-order valence-corrected chi connectivity index (χ2v) is 5.26. The monoisotopic (exact) mass is 230 g/mol. The van der Waals surface area contributed by atoms with Crippen molar-refractivity contribution in [2.75, 3.05) is 31.1 Å². The van der Waals surface area contributed by atoms with Gasteiger partial charge in [-0.1, -0.05) is 12.1 Å². The van der Waals surface area contributed by atoms with E-state index in [4.69, 9.17) is 0 Å². The quantitative estimate of drug-likeness (QED) is 0.840. The van der Waals surface area contributed by atoms with Gasteiger partial charge in [0, 0.05) is 25.3 Å². The number of benzene rings is 1. The number of rotatable bonds is 2. The van der Waals surface area contributed by atoms with Crippen LogP contribution in [0.25, 0.3) is 0 Å². The third-order valence-corrected chi connectivity index (χ3v) is 4.25. The van der Waals surface area contributed by atoms with Crippen LogP contribution in [0.1, 0.15) is 36.8 Å². The molecule has 1 atom stereocenters. The van der Waals surface area contributed by atoms with Gasteiger partial charge in [-0.15, -0.1) is 0 Å². The van der Waals surface area contributed by atoms with Crippen molar-refractivity contribution < 1.29 is 0 Å². The van der Waals surface area contributed by atoms with E-state index >= 15 is 0 Å². The molecule has 2 aliphatic rings. The van der Waals surface area contributed by atoms with Crippen molar-refractivity contribution in [1.29, 1.82) is 0 Å². The average molecular weight is 230 g/mol. The number of piperidine rings is 1. The van der Waals surface area contributed by atoms with Crippen LogP contribution in [-0.2, 0) is 6.42 Å². The summed E-state index contributed by atoms with van der Waals surface area (Å²) in [5.74, 6) is 0.740. The Kier molecular flexibility index (Phi) is 3.06. The average Bonchev–Trinajstić information content (AvgIpc) is 2.81. The lowest BCUT2D eigenvalue weighted by Crippen LogP contribution is -2.28. The van der Waals surface area contributed by atoms with Crippen LogP contribution in [0.3, 0.4) is 0 Å². The van der Waals surface area contributed by atoms with Crippen molar-refractivity contribution in [2.24, 2.45) is 0 Å². The molecular formula is C15H22N2. The molecule has 2 nitrogen and oxygen atoms in total. The van der Waals surface area contributed by atoms with Gasteiger partial charge in [0.1, 0.15) is 0 Å². The fourth-order valence-electron chi connectivity index (χ4n) is 3.21. The molecule has 0 saturated carbocycles. The molecule has 0 bridgehead atoms. The van der Waals surface area contributed by atoms with E-state index in [1.54, 1.807) is 11.1 Å². The van der Waals surface area contributed by atoms with Gasteiger partial charge >= 0.3 is 0 Å². The maximum atomic E-state index is 3.51. The zero-order chi connectivity index (χ0) is 11.7. The molecule has 0 radical (unpaired) electrons. The molecule has 2 heteroatoms. The Labute approximate surface area is 104 Å². The van der Waals surface area contributed by atoms with Gasteiger partial charge in [-0.05, 0) is 55.8 Å². The molecule has 2 aliphatic heterocycles. The molecule has 0 spiro atoms. The third-order valence-electron chi connectivity index (χ3n) is 4.25. The number of likely N-dealkylation sites (N-methyl/N-ethyl adjacent to an activating group) is 1. The first-order valence-electron chi connectivity index (χ1n) is 6.97. The molecule has 92 valence electrons. The number of hydrogen-bond acceptors (Lipinski definition) is 2. The minimum atomic E-state index is 0.740. The van der Waals surface area contributed by atoms with Gasteiger partial charge in [0.2, 0.25) is 0 Å². The molecule has 0 aromatic heterocycles. The van der Waals surface area contributed by atoms with Crippen LogP contribution in [0.2, 0.25) is 0 Å². The van der Waals surface area contributed by atoms with E-state index in [1.165, 1.54) is 38.0 Å². The number of nitrogens with one attached hydrogen (secondary N) is 1. The van der Waals surface area contributed by atoms with Gasteiger partial charge < -0.3 is 10.2 Å². The van der Waals surface area contributed by atoms with Crippen LogP contribution < -0.4 is 10.2 Å². The summed E-state index contributed by atoms with van der Waals surface area (Å²) in [4.78, 5) is 2.48. The predicted molar refractivity (Wildman–Crippen MR) is 72.9 cm³/mol. The zero-order valence-corrected chi connectivity index (χ0v) is 10.7. The minimum Gasteiger partial charge on any atom is -0.371 e. The van der Waals surface area contributed by atoms with Gasteiger partial charge in [-0.2, -0.15) is 0 Å². The summed E-state index contributed by atoms with van der Waals surface area (Å²) in [7, 11) is 0. The summed E-state index contributed by atoms with van der Waals surface area (Å²) in [6, 6.07) is 7.16. The number of nitrogens with zero attached hydrogens (tertiary/aromatic N) is 1. The van der Waals surface area contributed by atoms with Crippen molar-refractivity contribution in [1.82, 2.24) is 5.32 Å². The van der Waals surface area contributed by atoms with Crippen LogP contribution >= 0.6 is 0 Å². The Morgan fingerprint density at radius 3 is 3.12 bits per heavy atom. The first kappa shape index (κ1) is 11.1. The molecule has 0 amide bonds. The number of hydrogen-bond donors (Lipinski definition) is 1. The number of anilines is 1. The molecule has 3 rings (SSSR count). The van der Waals surface area contributed by atoms with Crippen LogP contribution in [0, 0.1) is 0 Å². The highest BCUT2D eigenvalue weighted by molar-refractivity contribution is 5.59. The van der Waals surface area contributed by atoms with Crippen LogP contribution in [-0.4, -0.2) is 26.2 Å². The van der Waals surface area contributed by atoms with E-state index in [0.29, 0.717) is 0 Å². The third kappa shape index (κ3) is 2.06. The van der Waals surface area contributed by atoms with E-state index < -0.39 is 0 Å². The van der Waals surface area contributed by atoms with Crippen LogP contribution in [0.5, 0.6) is 0 Å². The highest BCUT2D eigenvalue weighted by Crippen LogP contribution is 2.32. The first-order chi connectivity index (χ1) is 8.38. The standard InChI is InChI=1S/C15H22N2/c1-2-17-9-7-13-10-12(5-6-15(13)17)14-4-3-8-16-11-14/h5-6,10,14,16H,2-4,7-9,11H2,1H3. The molecule has 1 unspecified atom stereocenters. The molecule has 0 aliphatic carbocycles. The Balaban J connectivity index is 1.84. The van der Waals surface area contributed by atoms with Gasteiger partial charge in [0.25, 0.3) is 0 Å². The first-order valence-corrected chi connectivity index (χ1v) is 6.97. The van der Waals surface area contributed by atoms with E-state index in [2.05, 4.69) is 35.3 Å². The predicted octanol–water partition coefficient (Wildman–Crippen LogP) is 2.54. The lowest BCUT2D eigenvalue weighted by molar-refractivity contribution is 0.461. The lowest BCUT2D eigenvalue weighted by atomic mass is 9.90. The Hall–Kier alpha value is -1.02. The summed E-state index contributed by atoms with van der Waals surface area (Å²) in [5, 5.41) is 3.51. The van der Waals surface area contributed by atoms with Gasteiger partial charge in [0.15, 0.2) is 0 Å². The van der Waals surface area contributed by atoms with Crippen LogP contribution in [0.15, 0.2) is 18.2 Å². The Bertz CT molecular complexity index is 394. The SMILES string of the molecule is CCN1CCc2cc(C3CCCNC3)ccc21. The fourth-order valence-corrected chi connectivity index (χ4v) is 3.21. The van der Waals surface area contributed by atoms with Crippen LogP contribution in [0.4, 0.5) is 5.69 Å². The summed E-state index contributed by atoms with van der Waals surface area (Å²) in [6.07, 6.45) is 3.91. The highest BCUT2D eigenvalue weighted by Gasteiger charge is 2.20. The summed E-state index contributed by atoms with van der Waals surface area (Å²) in [6.45, 7) is 6.95. The van der Waals surface area contributed by atoms with E-state index in [-0.39, 0.29) is 0 Å². The highest BCUT2D eigenvalue weighted by atomic mass is 15.1. The second kappa shape index (κ2) is 4.69. The fraction of sp³-hybridized carbons (Fsp3) is 0.600. The maximum Gasteiger partial charge on any atom is 0.0399 e. The second-order valence-electron chi connectivity index (χ2n) is 5.26. The van der Waals surface area contributed by atoms with Crippen molar-refractivity contribution in [2.45, 2.75) is 32.1 Å². The smallest absolute Gasteiger partial charge is 0.0399 e. The topological polar surface area (TPSA) is 15.3 Å². The van der Waals surface area contributed by atoms with Crippen molar-refractivity contribution in [3.05, 3.63) is 29.3 Å². The molecule has 1 N–H and O–H groups in total. The zero-order valence-electron chi connectivity index (χ0n) is 10.7. The van der Waals surface area contributed by atoms with Crippen molar-refractivity contribution in [3.63, 3.8) is 0 Å². The Morgan fingerprint density at radius 2 is 2.35 bits per heavy atom. The molecule has 1 fully saturated rings. The minimum absolute atomic E-state index is 0.740. The van der Waals surface area contributed by atoms with E-state index in [0.717, 1.165) is 19.0 Å². The summed E-state index contributed by atoms with van der Waals surface area (Å²) in [5.41, 5.74) is 4.59. The van der Waals surface area contributed by atoms with Crippen molar-refractivity contribution >= 4 is 5.69 Å². The molecular weight excluding hydrogens is 208 g/mol. The molecule has 2 heterocycles. The Morgan fingerprint density at radius 1 is 1.41 bits per heavy atom. The summed E-state index contributed by atoms with van der Waals surface area (Å²) < 4.78 is 0. The number of fused-ring (bicyclic) bond motifs is 1.